The molecule has 0 aromatic carbocycles. The van der Waals surface area contributed by atoms with Crippen LogP contribution in [0.25, 0.3) is 0 Å². The zero-order valence-electron chi connectivity index (χ0n) is 18.5. The summed E-state index contributed by atoms with van der Waals surface area (Å²) in [6.07, 6.45) is 7.79. The number of hydrogen-bond donors (Lipinski definition) is 4. The van der Waals surface area contributed by atoms with Gasteiger partial charge in [0.25, 0.3) is 0 Å². The number of aliphatic hydroxyl groups is 4. The summed E-state index contributed by atoms with van der Waals surface area (Å²) in [6.45, 7) is 9.23. The van der Waals surface area contributed by atoms with Crippen LogP contribution in [-0.2, 0) is 0 Å². The van der Waals surface area contributed by atoms with E-state index in [2.05, 4.69) is 27.7 Å². The summed E-state index contributed by atoms with van der Waals surface area (Å²) < 4.78 is 0. The second-order valence-electron chi connectivity index (χ2n) is 11.5. The van der Waals surface area contributed by atoms with Crippen molar-refractivity contribution < 1.29 is 20.4 Å². The summed E-state index contributed by atoms with van der Waals surface area (Å²) in [6, 6.07) is 0. The normalized spacial score (nSPS) is 43.7. The Kier molecular flexibility index (Phi) is 6.86. The Labute approximate surface area is 171 Å². The lowest BCUT2D eigenvalue weighted by molar-refractivity contribution is -0.130. The van der Waals surface area contributed by atoms with Crippen molar-refractivity contribution in [2.24, 2.45) is 34.5 Å². The van der Waals surface area contributed by atoms with Crippen molar-refractivity contribution in [2.75, 3.05) is 0 Å². The van der Waals surface area contributed by atoms with E-state index in [0.29, 0.717) is 18.3 Å². The second kappa shape index (κ2) is 8.53. The van der Waals surface area contributed by atoms with Gasteiger partial charge in [-0.25, -0.2) is 0 Å². The molecule has 0 bridgehead atoms. The second-order valence-corrected chi connectivity index (χ2v) is 11.5. The van der Waals surface area contributed by atoms with Crippen molar-refractivity contribution in [1.29, 1.82) is 0 Å². The van der Waals surface area contributed by atoms with E-state index in [1.54, 1.807) is 0 Å². The van der Waals surface area contributed by atoms with Gasteiger partial charge in [-0.15, -0.1) is 0 Å². The van der Waals surface area contributed by atoms with Crippen LogP contribution >= 0.6 is 0 Å². The maximum Gasteiger partial charge on any atom is 0.0598 e. The fourth-order valence-electron chi connectivity index (χ4n) is 7.01. The van der Waals surface area contributed by atoms with Gasteiger partial charge < -0.3 is 20.4 Å². The van der Waals surface area contributed by atoms with Crippen molar-refractivity contribution in [1.82, 2.24) is 0 Å². The minimum absolute atomic E-state index is 0.0107. The summed E-state index contributed by atoms with van der Waals surface area (Å²) in [5, 5.41) is 41.7. The maximum absolute atomic E-state index is 10.9. The molecule has 4 heteroatoms. The van der Waals surface area contributed by atoms with E-state index in [1.165, 1.54) is 0 Å². The first kappa shape index (κ1) is 22.5. The fourth-order valence-corrected chi connectivity index (χ4v) is 7.01. The van der Waals surface area contributed by atoms with Gasteiger partial charge in [0.15, 0.2) is 0 Å². The Morgan fingerprint density at radius 1 is 0.500 bits per heavy atom. The van der Waals surface area contributed by atoms with Crippen LogP contribution in [0.2, 0.25) is 0 Å². The molecular formula is C24H44O4. The summed E-state index contributed by atoms with van der Waals surface area (Å²) in [4.78, 5) is 0. The van der Waals surface area contributed by atoms with E-state index in [1.807, 2.05) is 0 Å². The molecule has 4 atom stereocenters. The highest BCUT2D eigenvalue weighted by molar-refractivity contribution is 5.01. The highest BCUT2D eigenvalue weighted by atomic mass is 16.3. The van der Waals surface area contributed by atoms with Gasteiger partial charge in [0.2, 0.25) is 0 Å². The zero-order valence-corrected chi connectivity index (χ0v) is 18.5. The van der Waals surface area contributed by atoms with E-state index >= 15 is 0 Å². The smallest absolute Gasteiger partial charge is 0.0598 e. The van der Waals surface area contributed by atoms with Gasteiger partial charge in [0, 0.05) is 0 Å². The number of aliphatic hydroxyl groups excluding tert-OH is 4. The fraction of sp³-hybridized carbons (Fsp3) is 1.00. The van der Waals surface area contributed by atoms with E-state index in [0.717, 1.165) is 57.8 Å². The quantitative estimate of drug-likeness (QED) is 0.581. The molecule has 4 unspecified atom stereocenters. The molecule has 3 aliphatic rings. The lowest BCUT2D eigenvalue weighted by atomic mass is 9.53. The molecule has 0 aromatic heterocycles. The first-order chi connectivity index (χ1) is 13.0. The third-order valence-corrected chi connectivity index (χ3v) is 9.33. The largest absolute Gasteiger partial charge is 0.393 e. The van der Waals surface area contributed by atoms with E-state index in [4.69, 9.17) is 0 Å². The van der Waals surface area contributed by atoms with Gasteiger partial charge in [0.1, 0.15) is 0 Å². The van der Waals surface area contributed by atoms with Crippen LogP contribution in [0.5, 0.6) is 0 Å². The van der Waals surface area contributed by atoms with Gasteiger partial charge in [0.05, 0.1) is 24.4 Å². The zero-order chi connectivity index (χ0) is 20.7. The van der Waals surface area contributed by atoms with Gasteiger partial charge in [-0.05, 0) is 98.7 Å². The average molecular weight is 397 g/mol. The third-order valence-electron chi connectivity index (χ3n) is 9.33. The molecule has 4 N–H and O–H groups in total. The van der Waals surface area contributed by atoms with Crippen LogP contribution in [0.4, 0.5) is 0 Å². The summed E-state index contributed by atoms with van der Waals surface area (Å²) >= 11 is 0. The van der Waals surface area contributed by atoms with Gasteiger partial charge >= 0.3 is 0 Å². The van der Waals surface area contributed by atoms with Gasteiger partial charge in [-0.2, -0.15) is 0 Å². The molecule has 3 fully saturated rings. The first-order valence-electron chi connectivity index (χ1n) is 11.8. The molecule has 0 aliphatic heterocycles. The number of hydrogen-bond acceptors (Lipinski definition) is 4. The van der Waals surface area contributed by atoms with Gasteiger partial charge in [-0.3, -0.25) is 0 Å². The Balaban J connectivity index is 1.75. The topological polar surface area (TPSA) is 80.9 Å². The Hall–Kier alpha value is -0.160. The van der Waals surface area contributed by atoms with Crippen LogP contribution in [0.3, 0.4) is 0 Å². The first-order valence-corrected chi connectivity index (χ1v) is 11.8. The summed E-state index contributed by atoms with van der Waals surface area (Å²) in [5.41, 5.74) is 0.0214. The van der Waals surface area contributed by atoms with Crippen molar-refractivity contribution in [2.45, 2.75) is 116 Å². The van der Waals surface area contributed by atoms with Crippen molar-refractivity contribution >= 4 is 0 Å². The Bertz CT molecular complexity index is 457. The molecule has 3 rings (SSSR count). The molecule has 0 heterocycles. The molecule has 0 spiro atoms. The van der Waals surface area contributed by atoms with E-state index < -0.39 is 12.2 Å². The molecule has 0 amide bonds. The highest BCUT2D eigenvalue weighted by Gasteiger charge is 2.51. The van der Waals surface area contributed by atoms with Gasteiger partial charge in [-0.1, -0.05) is 27.7 Å². The van der Waals surface area contributed by atoms with Crippen LogP contribution in [0.1, 0.15) is 91.9 Å². The molecule has 3 saturated carbocycles. The highest BCUT2D eigenvalue weighted by Crippen LogP contribution is 2.55. The monoisotopic (exact) mass is 396 g/mol. The Morgan fingerprint density at radius 3 is 1.14 bits per heavy atom. The minimum Gasteiger partial charge on any atom is -0.393 e. The molecule has 0 saturated heterocycles. The number of rotatable bonds is 4. The molecule has 4 nitrogen and oxygen atoms in total. The van der Waals surface area contributed by atoms with Crippen LogP contribution < -0.4 is 0 Å². The van der Waals surface area contributed by atoms with Crippen LogP contribution in [0.15, 0.2) is 0 Å². The van der Waals surface area contributed by atoms with Crippen molar-refractivity contribution in [3.63, 3.8) is 0 Å². The average Bonchev–Trinajstić information content (AvgIpc) is 2.62. The Morgan fingerprint density at radius 2 is 0.821 bits per heavy atom. The predicted octanol–water partition coefficient (Wildman–Crippen LogP) is 3.89. The van der Waals surface area contributed by atoms with Crippen molar-refractivity contribution in [3.8, 4) is 0 Å². The molecule has 28 heavy (non-hydrogen) atoms. The minimum atomic E-state index is -0.447. The van der Waals surface area contributed by atoms with E-state index in [-0.39, 0.29) is 34.9 Å². The molecule has 0 radical (unpaired) electrons. The van der Waals surface area contributed by atoms with Crippen LogP contribution in [0, 0.1) is 34.5 Å². The molecular weight excluding hydrogens is 352 g/mol. The lowest BCUT2D eigenvalue weighted by Gasteiger charge is -2.54. The lowest BCUT2D eigenvalue weighted by Crippen LogP contribution is -2.52. The van der Waals surface area contributed by atoms with Crippen molar-refractivity contribution in [3.05, 3.63) is 0 Å². The third kappa shape index (κ3) is 4.45. The molecule has 3 aliphatic carbocycles. The van der Waals surface area contributed by atoms with E-state index in [9.17, 15) is 20.4 Å². The SMILES string of the molecule is CC(C)(C1CCC(O)CC1)C1CC(C(C)(C)C2CCC(O)CC2)C(O)CC1O. The molecule has 0 aromatic rings. The summed E-state index contributed by atoms with van der Waals surface area (Å²) in [5.74, 6) is 1.43. The van der Waals surface area contributed by atoms with Crippen LogP contribution in [-0.4, -0.2) is 44.8 Å². The molecule has 164 valence electrons. The summed E-state index contributed by atoms with van der Waals surface area (Å²) in [7, 11) is 0. The standard InChI is InChI=1S/C24H44O4/c1-23(2,15-5-9-17(25)10-6-15)19-13-20(22(28)14-21(19)27)24(3,4)16-7-11-18(26)12-8-16/h15-22,25-28H,5-14H2,1-4H3. The maximum atomic E-state index is 10.9. The predicted molar refractivity (Wildman–Crippen MR) is 112 cm³/mol.